The minimum absolute atomic E-state index is 0.0333. The summed E-state index contributed by atoms with van der Waals surface area (Å²) in [5, 5.41) is 15.8. The molecule has 120 valence electrons. The fraction of sp³-hybridized carbons (Fsp3) is 0.333. The van der Waals surface area contributed by atoms with E-state index in [9.17, 15) is 14.9 Å². The van der Waals surface area contributed by atoms with Crippen LogP contribution in [0.15, 0.2) is 24.3 Å². The number of carbonyl (C=O) groups excluding carboxylic acids is 1. The Morgan fingerprint density at radius 2 is 2.04 bits per heavy atom. The van der Waals surface area contributed by atoms with Crippen molar-refractivity contribution in [3.05, 3.63) is 50.8 Å². The molecule has 3 rings (SSSR count). The number of halogens is 1. The predicted octanol–water partition coefficient (Wildman–Crippen LogP) is 3.04. The van der Waals surface area contributed by atoms with E-state index in [1.165, 1.54) is 4.68 Å². The van der Waals surface area contributed by atoms with E-state index >= 15 is 0 Å². The summed E-state index contributed by atoms with van der Waals surface area (Å²) < 4.78 is 1.46. The van der Waals surface area contributed by atoms with Gasteiger partial charge in [-0.05, 0) is 32.4 Å². The summed E-state index contributed by atoms with van der Waals surface area (Å²) in [6, 6.07) is 6.58. The Hall–Kier alpha value is -2.41. The van der Waals surface area contributed by atoms with E-state index < -0.39 is 11.0 Å². The van der Waals surface area contributed by atoms with Crippen LogP contribution in [-0.2, 0) is 4.79 Å². The molecule has 1 saturated heterocycles. The van der Waals surface area contributed by atoms with Crippen molar-refractivity contribution in [2.24, 2.45) is 0 Å². The first-order chi connectivity index (χ1) is 10.9. The summed E-state index contributed by atoms with van der Waals surface area (Å²) in [6.07, 6.45) is 0.531. The number of hydrogen-bond donors (Lipinski definition) is 0. The molecule has 1 fully saturated rings. The van der Waals surface area contributed by atoms with Gasteiger partial charge in [0.1, 0.15) is 17.4 Å². The highest BCUT2D eigenvalue weighted by molar-refractivity contribution is 6.33. The van der Waals surface area contributed by atoms with Crippen LogP contribution in [0.4, 0.5) is 11.4 Å². The standard InChI is InChI=1S/C15H15ClN4O3/c1-9-14(20(22)23)10(2)19(17-9)13-7-8-18(15(13)21)12-6-4-3-5-11(12)16/h3-6,13H,7-8H2,1-2H3/t13-/m0/s1. The van der Waals surface area contributed by atoms with Crippen molar-refractivity contribution in [2.45, 2.75) is 26.3 Å². The maximum absolute atomic E-state index is 12.7. The van der Waals surface area contributed by atoms with E-state index in [0.717, 1.165) is 0 Å². The highest BCUT2D eigenvalue weighted by Gasteiger charge is 2.38. The summed E-state index contributed by atoms with van der Waals surface area (Å²) in [6.45, 7) is 3.69. The van der Waals surface area contributed by atoms with Crippen molar-refractivity contribution in [2.75, 3.05) is 11.4 Å². The zero-order valence-corrected chi connectivity index (χ0v) is 13.4. The van der Waals surface area contributed by atoms with Gasteiger partial charge in [0.2, 0.25) is 0 Å². The third-order valence-electron chi connectivity index (χ3n) is 4.09. The molecule has 1 aliphatic heterocycles. The summed E-state index contributed by atoms with van der Waals surface area (Å²) >= 11 is 6.16. The minimum Gasteiger partial charge on any atom is -0.309 e. The fourth-order valence-corrected chi connectivity index (χ4v) is 3.26. The molecule has 0 unspecified atom stereocenters. The molecule has 1 atom stereocenters. The number of anilines is 1. The van der Waals surface area contributed by atoms with Gasteiger partial charge in [0.25, 0.3) is 5.91 Å². The number of carbonyl (C=O) groups is 1. The van der Waals surface area contributed by atoms with Crippen LogP contribution in [0.1, 0.15) is 23.9 Å². The molecule has 0 saturated carbocycles. The van der Waals surface area contributed by atoms with Crippen molar-refractivity contribution in [3.63, 3.8) is 0 Å². The van der Waals surface area contributed by atoms with Crippen LogP contribution in [0.25, 0.3) is 0 Å². The minimum atomic E-state index is -0.543. The van der Waals surface area contributed by atoms with E-state index in [4.69, 9.17) is 11.6 Å². The average molecular weight is 335 g/mol. The van der Waals surface area contributed by atoms with E-state index in [-0.39, 0.29) is 11.6 Å². The van der Waals surface area contributed by atoms with Crippen molar-refractivity contribution in [3.8, 4) is 0 Å². The number of aryl methyl sites for hydroxylation is 1. The Bertz CT molecular complexity index is 802. The smallest absolute Gasteiger partial charge is 0.309 e. The third kappa shape index (κ3) is 2.46. The molecule has 2 aromatic rings. The fourth-order valence-electron chi connectivity index (χ4n) is 3.02. The Labute approximate surface area is 137 Å². The lowest BCUT2D eigenvalue weighted by Crippen LogP contribution is -2.29. The van der Waals surface area contributed by atoms with Gasteiger partial charge < -0.3 is 4.90 Å². The molecule has 0 radical (unpaired) electrons. The summed E-state index contributed by atoms with van der Waals surface area (Å²) in [4.78, 5) is 25.0. The number of para-hydroxylation sites is 1. The highest BCUT2D eigenvalue weighted by Crippen LogP contribution is 2.35. The number of nitro groups is 1. The second-order valence-electron chi connectivity index (χ2n) is 5.47. The Kier molecular flexibility index (Phi) is 3.81. The predicted molar refractivity (Wildman–Crippen MR) is 85.8 cm³/mol. The first-order valence-electron chi connectivity index (χ1n) is 7.17. The Morgan fingerprint density at radius 3 is 2.65 bits per heavy atom. The number of aromatic nitrogens is 2. The number of rotatable bonds is 3. The van der Waals surface area contributed by atoms with Crippen LogP contribution in [0.3, 0.4) is 0 Å². The highest BCUT2D eigenvalue weighted by atomic mass is 35.5. The van der Waals surface area contributed by atoms with Gasteiger partial charge in [-0.15, -0.1) is 0 Å². The second-order valence-corrected chi connectivity index (χ2v) is 5.87. The van der Waals surface area contributed by atoms with Gasteiger partial charge in [-0.25, -0.2) is 4.68 Å². The Balaban J connectivity index is 1.96. The molecule has 0 bridgehead atoms. The Morgan fingerprint density at radius 1 is 1.35 bits per heavy atom. The number of nitrogens with zero attached hydrogens (tertiary/aromatic N) is 4. The van der Waals surface area contributed by atoms with E-state index in [0.29, 0.717) is 35.1 Å². The molecule has 0 N–H and O–H groups in total. The van der Waals surface area contributed by atoms with Gasteiger partial charge in [-0.1, -0.05) is 23.7 Å². The van der Waals surface area contributed by atoms with Crippen molar-refractivity contribution < 1.29 is 9.72 Å². The van der Waals surface area contributed by atoms with Crippen LogP contribution in [-0.4, -0.2) is 27.2 Å². The summed E-state index contributed by atoms with van der Waals surface area (Å²) in [5.41, 5.74) is 1.33. The molecular formula is C15H15ClN4O3. The van der Waals surface area contributed by atoms with Crippen LogP contribution in [0, 0.1) is 24.0 Å². The van der Waals surface area contributed by atoms with E-state index in [1.54, 1.807) is 36.9 Å². The zero-order chi connectivity index (χ0) is 16.7. The van der Waals surface area contributed by atoms with Crippen LogP contribution in [0.2, 0.25) is 5.02 Å². The average Bonchev–Trinajstić information content (AvgIpc) is 2.99. The number of hydrogen-bond acceptors (Lipinski definition) is 4. The van der Waals surface area contributed by atoms with Crippen LogP contribution >= 0.6 is 11.6 Å². The van der Waals surface area contributed by atoms with Crippen LogP contribution < -0.4 is 4.90 Å². The van der Waals surface area contributed by atoms with Crippen molar-refractivity contribution in [1.29, 1.82) is 0 Å². The molecule has 7 nitrogen and oxygen atoms in total. The van der Waals surface area contributed by atoms with Crippen LogP contribution in [0.5, 0.6) is 0 Å². The topological polar surface area (TPSA) is 81.3 Å². The maximum atomic E-state index is 12.7. The largest absolute Gasteiger partial charge is 0.312 e. The molecule has 1 amide bonds. The first-order valence-corrected chi connectivity index (χ1v) is 7.55. The SMILES string of the molecule is Cc1nn([C@H]2CCN(c3ccccc3Cl)C2=O)c(C)c1[N+](=O)[O-]. The molecule has 8 heteroatoms. The lowest BCUT2D eigenvalue weighted by atomic mass is 10.2. The van der Waals surface area contributed by atoms with Gasteiger partial charge >= 0.3 is 5.69 Å². The maximum Gasteiger partial charge on any atom is 0.312 e. The summed E-state index contributed by atoms with van der Waals surface area (Å²) in [7, 11) is 0. The molecule has 1 aromatic heterocycles. The first kappa shape index (κ1) is 15.5. The number of benzene rings is 1. The van der Waals surface area contributed by atoms with Crippen molar-refractivity contribution >= 4 is 28.9 Å². The molecule has 1 aromatic carbocycles. The summed E-state index contributed by atoms with van der Waals surface area (Å²) in [5.74, 6) is -0.154. The van der Waals surface area contributed by atoms with Gasteiger partial charge in [-0.2, -0.15) is 5.10 Å². The van der Waals surface area contributed by atoms with Gasteiger partial charge in [0.15, 0.2) is 0 Å². The lowest BCUT2D eigenvalue weighted by Gasteiger charge is -2.18. The van der Waals surface area contributed by atoms with Gasteiger partial charge in [0, 0.05) is 6.54 Å². The number of amides is 1. The van der Waals surface area contributed by atoms with E-state index in [2.05, 4.69) is 5.10 Å². The quantitative estimate of drug-likeness (QED) is 0.638. The molecule has 2 heterocycles. The van der Waals surface area contributed by atoms with Crippen molar-refractivity contribution in [1.82, 2.24) is 9.78 Å². The third-order valence-corrected chi connectivity index (χ3v) is 4.40. The second kappa shape index (κ2) is 5.66. The zero-order valence-electron chi connectivity index (χ0n) is 12.7. The lowest BCUT2D eigenvalue weighted by molar-refractivity contribution is -0.386. The van der Waals surface area contributed by atoms with Gasteiger partial charge in [0.05, 0.1) is 15.6 Å². The molecule has 1 aliphatic rings. The molecular weight excluding hydrogens is 320 g/mol. The van der Waals surface area contributed by atoms with Gasteiger partial charge in [-0.3, -0.25) is 14.9 Å². The van der Waals surface area contributed by atoms with E-state index in [1.807, 2.05) is 6.07 Å². The normalized spacial score (nSPS) is 17.8. The molecule has 23 heavy (non-hydrogen) atoms. The molecule has 0 aliphatic carbocycles. The monoisotopic (exact) mass is 334 g/mol. The molecule has 0 spiro atoms.